The molecule has 2 unspecified atom stereocenters. The first-order chi connectivity index (χ1) is 14.2. The van der Waals surface area contributed by atoms with Gasteiger partial charge < -0.3 is 5.32 Å². The highest BCUT2D eigenvalue weighted by molar-refractivity contribution is 8.18. The SMILES string of the molecule is N#Cc1cnc2ccc(C=C3SC(NC4CC4c4ccccc4)=NC3=O)nc2c1. The minimum Gasteiger partial charge on any atom is -0.361 e. The molecule has 1 amide bonds. The lowest BCUT2D eigenvalue weighted by Crippen LogP contribution is -2.22. The Kier molecular flexibility index (Phi) is 4.34. The van der Waals surface area contributed by atoms with Gasteiger partial charge in [-0.25, -0.2) is 4.98 Å². The van der Waals surface area contributed by atoms with Crippen LogP contribution in [0.2, 0.25) is 0 Å². The number of carbonyl (C=O) groups is 1. The molecular weight excluding hydrogens is 382 g/mol. The Labute approximate surface area is 171 Å². The summed E-state index contributed by atoms with van der Waals surface area (Å²) in [5, 5.41) is 13.0. The van der Waals surface area contributed by atoms with E-state index >= 15 is 0 Å². The highest BCUT2D eigenvalue weighted by Crippen LogP contribution is 2.41. The van der Waals surface area contributed by atoms with Gasteiger partial charge in [0.1, 0.15) is 6.07 Å². The van der Waals surface area contributed by atoms with Crippen molar-refractivity contribution in [3.05, 3.63) is 76.5 Å². The number of aliphatic imine (C=N–C) groups is 1. The molecular formula is C22H15N5OS. The van der Waals surface area contributed by atoms with Gasteiger partial charge in [-0.05, 0) is 48.0 Å². The Morgan fingerprint density at radius 3 is 2.86 bits per heavy atom. The van der Waals surface area contributed by atoms with Crippen molar-refractivity contribution < 1.29 is 4.79 Å². The van der Waals surface area contributed by atoms with E-state index in [0.717, 1.165) is 6.42 Å². The van der Waals surface area contributed by atoms with Gasteiger partial charge in [0.05, 0.1) is 27.2 Å². The molecule has 6 nitrogen and oxygen atoms in total. The molecule has 1 fully saturated rings. The minimum absolute atomic E-state index is 0.264. The van der Waals surface area contributed by atoms with Crippen molar-refractivity contribution in [1.29, 1.82) is 5.26 Å². The molecule has 0 radical (unpaired) electrons. The van der Waals surface area contributed by atoms with Gasteiger partial charge >= 0.3 is 0 Å². The van der Waals surface area contributed by atoms with Crippen LogP contribution in [0.15, 0.2) is 64.6 Å². The zero-order valence-electron chi connectivity index (χ0n) is 15.2. The van der Waals surface area contributed by atoms with E-state index in [9.17, 15) is 4.79 Å². The predicted molar refractivity (Wildman–Crippen MR) is 113 cm³/mol. The first kappa shape index (κ1) is 17.6. The number of hydrogen-bond acceptors (Lipinski definition) is 6. The summed E-state index contributed by atoms with van der Waals surface area (Å²) >= 11 is 1.33. The first-order valence-electron chi connectivity index (χ1n) is 9.20. The van der Waals surface area contributed by atoms with E-state index in [4.69, 9.17) is 5.26 Å². The number of pyridine rings is 2. The van der Waals surface area contributed by atoms with Gasteiger partial charge in [-0.2, -0.15) is 10.3 Å². The van der Waals surface area contributed by atoms with Crippen LogP contribution in [-0.2, 0) is 4.79 Å². The number of hydrogen-bond donors (Lipinski definition) is 1. The number of aromatic nitrogens is 2. The number of thioether (sulfide) groups is 1. The maximum atomic E-state index is 12.3. The summed E-state index contributed by atoms with van der Waals surface area (Å²) in [4.78, 5) is 25.7. The summed E-state index contributed by atoms with van der Waals surface area (Å²) in [6.07, 6.45) is 4.29. The number of rotatable bonds is 3. The molecule has 0 saturated heterocycles. The van der Waals surface area contributed by atoms with Crippen LogP contribution in [0.5, 0.6) is 0 Å². The van der Waals surface area contributed by atoms with Gasteiger partial charge in [-0.1, -0.05) is 30.3 Å². The molecule has 1 aromatic carbocycles. The van der Waals surface area contributed by atoms with Crippen molar-refractivity contribution in [2.45, 2.75) is 18.4 Å². The minimum atomic E-state index is -0.264. The van der Waals surface area contributed by atoms with Crippen LogP contribution in [-0.4, -0.2) is 27.1 Å². The molecule has 29 heavy (non-hydrogen) atoms. The van der Waals surface area contributed by atoms with Gasteiger partial charge in [0.25, 0.3) is 5.91 Å². The Morgan fingerprint density at radius 2 is 2.03 bits per heavy atom. The van der Waals surface area contributed by atoms with Crippen LogP contribution in [0.25, 0.3) is 17.1 Å². The average Bonchev–Trinajstić information content (AvgIpc) is 3.43. The maximum Gasteiger partial charge on any atom is 0.286 e. The zero-order chi connectivity index (χ0) is 19.8. The quantitative estimate of drug-likeness (QED) is 0.679. The smallest absolute Gasteiger partial charge is 0.286 e. The van der Waals surface area contributed by atoms with Crippen LogP contribution in [0, 0.1) is 11.3 Å². The van der Waals surface area contributed by atoms with Gasteiger partial charge in [0, 0.05) is 18.2 Å². The number of nitrogens with one attached hydrogen (secondary N) is 1. The number of fused-ring (bicyclic) bond motifs is 1. The molecule has 2 atom stereocenters. The molecule has 1 aliphatic heterocycles. The standard InChI is InChI=1S/C22H15N5OS/c23-11-13-8-19-17(24-12-13)7-6-15(25-19)9-20-21(28)27-22(29-20)26-18-10-16(18)14-4-2-1-3-5-14/h1-9,12,16,18H,10H2,(H,26,27,28). The molecule has 3 heterocycles. The second-order valence-corrected chi connectivity index (χ2v) is 7.98. The molecule has 5 rings (SSSR count). The summed E-state index contributed by atoms with van der Waals surface area (Å²) < 4.78 is 0. The molecule has 2 aliphatic rings. The van der Waals surface area contributed by atoms with Crippen molar-refractivity contribution in [3.63, 3.8) is 0 Å². The number of carbonyl (C=O) groups excluding carboxylic acids is 1. The Bertz CT molecular complexity index is 1230. The number of amides is 1. The van der Waals surface area contributed by atoms with Gasteiger partial charge in [-0.3, -0.25) is 9.78 Å². The Balaban J connectivity index is 1.30. The predicted octanol–water partition coefficient (Wildman–Crippen LogP) is 3.62. The summed E-state index contributed by atoms with van der Waals surface area (Å²) in [7, 11) is 0. The fraction of sp³-hybridized carbons (Fsp3) is 0.136. The van der Waals surface area contributed by atoms with Gasteiger partial charge in [0.15, 0.2) is 5.17 Å². The largest absolute Gasteiger partial charge is 0.361 e. The molecule has 1 N–H and O–H groups in total. The van der Waals surface area contributed by atoms with Crippen LogP contribution in [0.3, 0.4) is 0 Å². The number of amidine groups is 1. The van der Waals surface area contributed by atoms with Crippen molar-refractivity contribution in [2.24, 2.45) is 4.99 Å². The Morgan fingerprint density at radius 1 is 1.17 bits per heavy atom. The number of benzene rings is 1. The van der Waals surface area contributed by atoms with Gasteiger partial charge in [0.2, 0.25) is 0 Å². The highest BCUT2D eigenvalue weighted by Gasteiger charge is 2.40. The summed E-state index contributed by atoms with van der Waals surface area (Å²) in [5.74, 6) is 0.201. The Hall–Kier alpha value is -3.50. The fourth-order valence-electron chi connectivity index (χ4n) is 3.35. The molecule has 3 aromatic rings. The molecule has 1 saturated carbocycles. The third-order valence-corrected chi connectivity index (χ3v) is 5.83. The van der Waals surface area contributed by atoms with E-state index in [1.54, 1.807) is 18.2 Å². The summed E-state index contributed by atoms with van der Waals surface area (Å²) in [5.41, 5.74) is 3.72. The van der Waals surface area contributed by atoms with Crippen molar-refractivity contribution in [1.82, 2.24) is 15.3 Å². The highest BCUT2D eigenvalue weighted by atomic mass is 32.2. The lowest BCUT2D eigenvalue weighted by atomic mass is 10.1. The molecule has 0 spiro atoms. The third kappa shape index (κ3) is 3.62. The van der Waals surface area contributed by atoms with E-state index in [0.29, 0.717) is 44.3 Å². The normalized spacial score (nSPS) is 21.8. The van der Waals surface area contributed by atoms with Crippen LogP contribution in [0.4, 0.5) is 0 Å². The first-order valence-corrected chi connectivity index (χ1v) is 10.0. The van der Waals surface area contributed by atoms with E-state index in [1.165, 1.54) is 23.5 Å². The average molecular weight is 397 g/mol. The van der Waals surface area contributed by atoms with Crippen molar-refractivity contribution >= 4 is 39.9 Å². The van der Waals surface area contributed by atoms with Crippen molar-refractivity contribution in [3.8, 4) is 6.07 Å². The van der Waals surface area contributed by atoms with Crippen LogP contribution >= 0.6 is 11.8 Å². The second kappa shape index (κ2) is 7.15. The fourth-order valence-corrected chi connectivity index (χ4v) is 4.21. The lowest BCUT2D eigenvalue weighted by molar-refractivity contribution is -0.113. The number of nitrogens with zero attached hydrogens (tertiary/aromatic N) is 4. The van der Waals surface area contributed by atoms with E-state index in [1.807, 2.05) is 24.3 Å². The van der Waals surface area contributed by atoms with E-state index < -0.39 is 0 Å². The van der Waals surface area contributed by atoms with Crippen LogP contribution < -0.4 is 5.32 Å². The molecule has 0 bridgehead atoms. The molecule has 140 valence electrons. The van der Waals surface area contributed by atoms with E-state index in [2.05, 4.69) is 38.5 Å². The van der Waals surface area contributed by atoms with Crippen molar-refractivity contribution in [2.75, 3.05) is 0 Å². The maximum absolute atomic E-state index is 12.3. The second-order valence-electron chi connectivity index (χ2n) is 6.95. The van der Waals surface area contributed by atoms with Gasteiger partial charge in [-0.15, -0.1) is 0 Å². The summed E-state index contributed by atoms with van der Waals surface area (Å²) in [6.45, 7) is 0. The topological polar surface area (TPSA) is 91.0 Å². The zero-order valence-corrected chi connectivity index (χ0v) is 16.1. The molecule has 2 aromatic heterocycles. The molecule has 7 heteroatoms. The number of nitriles is 1. The third-order valence-electron chi connectivity index (χ3n) is 4.91. The van der Waals surface area contributed by atoms with Crippen LogP contribution in [0.1, 0.15) is 29.2 Å². The monoisotopic (exact) mass is 397 g/mol. The lowest BCUT2D eigenvalue weighted by Gasteiger charge is -2.04. The summed E-state index contributed by atoms with van der Waals surface area (Å²) in [6, 6.07) is 18.1. The molecule has 1 aliphatic carbocycles. The van der Waals surface area contributed by atoms with E-state index in [-0.39, 0.29) is 5.91 Å².